The molecule has 3 aromatic heterocycles. The maximum absolute atomic E-state index is 4.75. The Labute approximate surface area is 149 Å². The largest absolute Gasteiger partial charge is 0.365 e. The lowest BCUT2D eigenvalue weighted by Crippen LogP contribution is -2.03. The Bertz CT molecular complexity index is 1190. The first-order valence-corrected chi connectivity index (χ1v) is 8.43. The van der Waals surface area contributed by atoms with Crippen LogP contribution in [0.1, 0.15) is 5.56 Å². The molecule has 0 aliphatic carbocycles. The van der Waals surface area contributed by atoms with Crippen LogP contribution in [0.25, 0.3) is 27.9 Å². The number of imidazole rings is 1. The molecule has 0 bridgehead atoms. The molecule has 0 amide bonds. The third-order valence-corrected chi connectivity index (χ3v) is 4.42. The minimum atomic E-state index is 0.672. The zero-order valence-corrected chi connectivity index (χ0v) is 13.9. The van der Waals surface area contributed by atoms with Gasteiger partial charge in [-0.05, 0) is 23.8 Å². The fourth-order valence-corrected chi connectivity index (χ4v) is 3.13. The van der Waals surface area contributed by atoms with Crippen LogP contribution in [-0.2, 0) is 6.54 Å². The van der Waals surface area contributed by atoms with Gasteiger partial charge >= 0.3 is 0 Å². The summed E-state index contributed by atoms with van der Waals surface area (Å²) >= 11 is 0. The summed E-state index contributed by atoms with van der Waals surface area (Å²) in [5, 5.41) is 11.7. The van der Waals surface area contributed by atoms with Crippen LogP contribution in [-0.4, -0.2) is 24.6 Å². The third kappa shape index (κ3) is 2.48. The molecule has 0 unspecified atom stereocenters. The third-order valence-electron chi connectivity index (χ3n) is 4.42. The molecule has 26 heavy (non-hydrogen) atoms. The van der Waals surface area contributed by atoms with Crippen LogP contribution in [0.2, 0.25) is 0 Å². The number of hydrogen-bond acceptors (Lipinski definition) is 4. The standard InChI is InChI=1S/C20H16N6/c1-2-5-14(6-3-1)12-22-19-18(24-20-21-9-4-10-26(19)20)15-7-8-17-16(11-15)13-23-25-17/h1-11,13,22H,12H2,(H,23,25). The van der Waals surface area contributed by atoms with Crippen molar-refractivity contribution in [1.82, 2.24) is 24.6 Å². The molecule has 6 heteroatoms. The Hall–Kier alpha value is -3.67. The highest BCUT2D eigenvalue weighted by Crippen LogP contribution is 2.30. The van der Waals surface area contributed by atoms with Gasteiger partial charge in [0.1, 0.15) is 11.5 Å². The van der Waals surface area contributed by atoms with Gasteiger partial charge in [0, 0.05) is 29.9 Å². The van der Waals surface area contributed by atoms with Crippen molar-refractivity contribution in [3.8, 4) is 11.3 Å². The van der Waals surface area contributed by atoms with Crippen LogP contribution in [0.15, 0.2) is 73.2 Å². The highest BCUT2D eigenvalue weighted by atomic mass is 15.2. The number of nitrogens with one attached hydrogen (secondary N) is 2. The number of nitrogens with zero attached hydrogens (tertiary/aromatic N) is 4. The number of benzene rings is 2. The molecule has 5 aromatic rings. The number of rotatable bonds is 4. The Balaban J connectivity index is 1.61. The molecule has 0 atom stereocenters. The molecule has 0 saturated heterocycles. The summed E-state index contributed by atoms with van der Waals surface area (Å²) in [4.78, 5) is 9.13. The number of H-pyrrole nitrogens is 1. The molecule has 5 rings (SSSR count). The summed E-state index contributed by atoms with van der Waals surface area (Å²) in [5.74, 6) is 1.60. The van der Waals surface area contributed by atoms with E-state index in [-0.39, 0.29) is 0 Å². The van der Waals surface area contributed by atoms with Crippen molar-refractivity contribution in [1.29, 1.82) is 0 Å². The van der Waals surface area contributed by atoms with E-state index in [1.54, 1.807) is 6.20 Å². The fourth-order valence-electron chi connectivity index (χ4n) is 3.13. The second kappa shape index (κ2) is 6.00. The maximum Gasteiger partial charge on any atom is 0.235 e. The molecule has 0 aliphatic heterocycles. The summed E-state index contributed by atoms with van der Waals surface area (Å²) in [6.45, 7) is 0.713. The first-order valence-electron chi connectivity index (χ1n) is 8.43. The first-order chi connectivity index (χ1) is 12.9. The number of anilines is 1. The Morgan fingerprint density at radius 2 is 1.96 bits per heavy atom. The second-order valence-corrected chi connectivity index (χ2v) is 6.11. The second-order valence-electron chi connectivity index (χ2n) is 6.11. The minimum Gasteiger partial charge on any atom is -0.365 e. The van der Waals surface area contributed by atoms with Crippen molar-refractivity contribution >= 4 is 22.5 Å². The molecule has 2 aromatic carbocycles. The molecule has 0 fully saturated rings. The lowest BCUT2D eigenvalue weighted by molar-refractivity contribution is 1.06. The predicted octanol–water partition coefficient (Wildman–Crippen LogP) is 3.88. The van der Waals surface area contributed by atoms with E-state index in [2.05, 4.69) is 44.8 Å². The molecule has 0 aliphatic rings. The van der Waals surface area contributed by atoms with Crippen molar-refractivity contribution in [2.75, 3.05) is 5.32 Å². The van der Waals surface area contributed by atoms with E-state index in [1.807, 2.05) is 47.1 Å². The van der Waals surface area contributed by atoms with Gasteiger partial charge in [-0.2, -0.15) is 5.10 Å². The quantitative estimate of drug-likeness (QED) is 0.521. The van der Waals surface area contributed by atoms with E-state index in [4.69, 9.17) is 4.98 Å². The van der Waals surface area contributed by atoms with Gasteiger partial charge in [0.15, 0.2) is 0 Å². The van der Waals surface area contributed by atoms with E-state index in [0.717, 1.165) is 28.0 Å². The summed E-state index contributed by atoms with van der Waals surface area (Å²) in [6.07, 6.45) is 5.55. The van der Waals surface area contributed by atoms with E-state index in [0.29, 0.717) is 12.3 Å². The molecule has 0 radical (unpaired) electrons. The van der Waals surface area contributed by atoms with Gasteiger partial charge in [0.05, 0.1) is 11.7 Å². The molecule has 2 N–H and O–H groups in total. The van der Waals surface area contributed by atoms with Gasteiger partial charge in [-0.3, -0.25) is 9.50 Å². The van der Waals surface area contributed by atoms with Crippen LogP contribution in [0.5, 0.6) is 0 Å². The monoisotopic (exact) mass is 340 g/mol. The topological polar surface area (TPSA) is 70.9 Å². The van der Waals surface area contributed by atoms with Crippen LogP contribution >= 0.6 is 0 Å². The molecule has 0 spiro atoms. The summed E-state index contributed by atoms with van der Waals surface area (Å²) < 4.78 is 1.98. The van der Waals surface area contributed by atoms with Crippen LogP contribution in [0.4, 0.5) is 5.82 Å². The van der Waals surface area contributed by atoms with Gasteiger partial charge in [0.25, 0.3) is 0 Å². The van der Waals surface area contributed by atoms with E-state index < -0.39 is 0 Å². The smallest absolute Gasteiger partial charge is 0.235 e. The highest BCUT2D eigenvalue weighted by Gasteiger charge is 2.15. The number of fused-ring (bicyclic) bond motifs is 2. The molecular formula is C20H16N6. The van der Waals surface area contributed by atoms with Crippen molar-refractivity contribution in [3.05, 3.63) is 78.8 Å². The van der Waals surface area contributed by atoms with Crippen LogP contribution in [0, 0.1) is 0 Å². The minimum absolute atomic E-state index is 0.672. The van der Waals surface area contributed by atoms with Crippen molar-refractivity contribution in [2.45, 2.75) is 6.54 Å². The fraction of sp³-hybridized carbons (Fsp3) is 0.0500. The molecular weight excluding hydrogens is 324 g/mol. The van der Waals surface area contributed by atoms with E-state index in [9.17, 15) is 0 Å². The van der Waals surface area contributed by atoms with E-state index in [1.165, 1.54) is 5.56 Å². The summed E-state index contributed by atoms with van der Waals surface area (Å²) in [6, 6.07) is 18.4. The Kier molecular flexibility index (Phi) is 3.38. The van der Waals surface area contributed by atoms with Crippen LogP contribution in [0.3, 0.4) is 0 Å². The molecule has 3 heterocycles. The molecule has 126 valence electrons. The Morgan fingerprint density at radius 3 is 2.88 bits per heavy atom. The van der Waals surface area contributed by atoms with Crippen molar-refractivity contribution < 1.29 is 0 Å². The maximum atomic E-state index is 4.75. The van der Waals surface area contributed by atoms with Crippen LogP contribution < -0.4 is 5.32 Å². The van der Waals surface area contributed by atoms with Crippen molar-refractivity contribution in [2.24, 2.45) is 0 Å². The molecule has 6 nitrogen and oxygen atoms in total. The zero-order valence-electron chi connectivity index (χ0n) is 13.9. The average Bonchev–Trinajstić information content (AvgIpc) is 3.31. The average molecular weight is 340 g/mol. The van der Waals surface area contributed by atoms with Gasteiger partial charge in [-0.15, -0.1) is 0 Å². The lowest BCUT2D eigenvalue weighted by Gasteiger charge is -2.09. The number of aromatic amines is 1. The van der Waals surface area contributed by atoms with Gasteiger partial charge < -0.3 is 5.32 Å². The van der Waals surface area contributed by atoms with Crippen molar-refractivity contribution in [3.63, 3.8) is 0 Å². The van der Waals surface area contributed by atoms with Gasteiger partial charge in [0.2, 0.25) is 5.78 Å². The van der Waals surface area contributed by atoms with Gasteiger partial charge in [-0.1, -0.05) is 36.4 Å². The SMILES string of the molecule is c1ccc(CNc2c(-c3ccc4[nH]ncc4c3)nc3ncccn23)cc1. The van der Waals surface area contributed by atoms with E-state index >= 15 is 0 Å². The number of aromatic nitrogens is 5. The lowest BCUT2D eigenvalue weighted by atomic mass is 10.1. The summed E-state index contributed by atoms with van der Waals surface area (Å²) in [5.41, 5.74) is 4.12. The first kappa shape index (κ1) is 14.7. The highest BCUT2D eigenvalue weighted by molar-refractivity contribution is 5.86. The Morgan fingerprint density at radius 1 is 1.04 bits per heavy atom. The number of hydrogen-bond donors (Lipinski definition) is 2. The molecule has 0 saturated carbocycles. The predicted molar refractivity (Wildman–Crippen MR) is 102 cm³/mol. The summed E-state index contributed by atoms with van der Waals surface area (Å²) in [7, 11) is 0. The zero-order chi connectivity index (χ0) is 17.3. The normalized spacial score (nSPS) is 11.2. The van der Waals surface area contributed by atoms with Gasteiger partial charge in [-0.25, -0.2) is 9.97 Å².